The van der Waals surface area contributed by atoms with E-state index in [4.69, 9.17) is 0 Å². The van der Waals surface area contributed by atoms with Gasteiger partial charge in [0.15, 0.2) is 0 Å². The van der Waals surface area contributed by atoms with Gasteiger partial charge in [0.2, 0.25) is 0 Å². The summed E-state index contributed by atoms with van der Waals surface area (Å²) in [5.41, 5.74) is 2.46. The van der Waals surface area contributed by atoms with Crippen LogP contribution in [0.3, 0.4) is 0 Å². The second-order valence-corrected chi connectivity index (χ2v) is 8.45. The Balaban J connectivity index is 1.82. The van der Waals surface area contributed by atoms with E-state index in [9.17, 15) is 0 Å². The molecule has 0 fully saturated rings. The average molecular weight is 373 g/mol. The topological polar surface area (TPSA) is 15.8 Å². The molecule has 0 aliphatic carbocycles. The first-order chi connectivity index (χ1) is 13.9. The molecule has 0 amide bonds. The van der Waals surface area contributed by atoms with Crippen LogP contribution in [0.4, 0.5) is 0 Å². The lowest BCUT2D eigenvalue weighted by Gasteiger charge is -2.06. The minimum Gasteiger partial charge on any atom is -0.353 e. The molecule has 2 heterocycles. The predicted octanol–water partition coefficient (Wildman–Crippen LogP) is 8.00. The molecule has 2 aromatic heterocycles. The van der Waals surface area contributed by atoms with Crippen LogP contribution in [0.1, 0.15) is 0 Å². The van der Waals surface area contributed by atoms with Crippen LogP contribution in [0.15, 0.2) is 84.9 Å². The fourth-order valence-electron chi connectivity index (χ4n) is 4.78. The molecule has 0 atom stereocenters. The molecule has 0 aliphatic rings. The van der Waals surface area contributed by atoms with E-state index in [1.807, 2.05) is 11.3 Å². The van der Waals surface area contributed by atoms with E-state index in [0.717, 1.165) is 0 Å². The number of nitrogens with one attached hydrogen (secondary N) is 1. The summed E-state index contributed by atoms with van der Waals surface area (Å²) in [4.78, 5) is 3.69. The van der Waals surface area contributed by atoms with E-state index < -0.39 is 0 Å². The van der Waals surface area contributed by atoms with Gasteiger partial charge in [-0.15, -0.1) is 11.3 Å². The molecule has 0 saturated carbocycles. The Kier molecular flexibility index (Phi) is 2.68. The molecular formula is C26H15NS. The Hall–Kier alpha value is -3.36. The highest BCUT2D eigenvalue weighted by atomic mass is 32.1. The van der Waals surface area contributed by atoms with E-state index in [1.165, 1.54) is 63.5 Å². The Morgan fingerprint density at radius 3 is 1.89 bits per heavy atom. The molecule has 0 aliphatic heterocycles. The highest BCUT2D eigenvalue weighted by Crippen LogP contribution is 2.46. The number of rotatable bonds is 0. The SMILES string of the molecule is c1ccc2c(c1)[nH]c1c2ccc2c1sc1c3ccccc3c3ccccc3c21. The number of H-pyrrole nitrogens is 1. The molecule has 0 saturated heterocycles. The van der Waals surface area contributed by atoms with Crippen LogP contribution in [0, 0.1) is 0 Å². The highest BCUT2D eigenvalue weighted by molar-refractivity contribution is 7.27. The smallest absolute Gasteiger partial charge is 0.0646 e. The molecule has 1 N–H and O–H groups in total. The summed E-state index contributed by atoms with van der Waals surface area (Å²) in [6, 6.07) is 30.8. The van der Waals surface area contributed by atoms with E-state index in [2.05, 4.69) is 89.9 Å². The Labute approximate surface area is 164 Å². The highest BCUT2D eigenvalue weighted by Gasteiger charge is 2.16. The van der Waals surface area contributed by atoms with Crippen molar-refractivity contribution in [2.45, 2.75) is 0 Å². The summed E-state index contributed by atoms with van der Waals surface area (Å²) in [7, 11) is 0. The maximum atomic E-state index is 3.69. The molecule has 0 bridgehead atoms. The lowest BCUT2D eigenvalue weighted by molar-refractivity contribution is 1.57. The number of aromatic nitrogens is 1. The molecule has 5 aromatic carbocycles. The molecule has 2 heteroatoms. The van der Waals surface area contributed by atoms with Crippen molar-refractivity contribution in [3.05, 3.63) is 84.9 Å². The van der Waals surface area contributed by atoms with Crippen LogP contribution >= 0.6 is 11.3 Å². The lowest BCUT2D eigenvalue weighted by Crippen LogP contribution is -1.79. The maximum absolute atomic E-state index is 3.69. The first-order valence-corrected chi connectivity index (χ1v) is 10.4. The minimum absolute atomic E-state index is 1.21. The minimum atomic E-state index is 1.21. The zero-order valence-corrected chi connectivity index (χ0v) is 15.8. The van der Waals surface area contributed by atoms with Gasteiger partial charge in [-0.3, -0.25) is 0 Å². The van der Waals surface area contributed by atoms with Crippen LogP contribution in [0.5, 0.6) is 0 Å². The van der Waals surface area contributed by atoms with Crippen molar-refractivity contribution in [3.8, 4) is 0 Å². The van der Waals surface area contributed by atoms with Gasteiger partial charge in [0, 0.05) is 37.1 Å². The molecule has 0 radical (unpaired) electrons. The molecule has 28 heavy (non-hydrogen) atoms. The Morgan fingerprint density at radius 2 is 1.07 bits per heavy atom. The second-order valence-electron chi connectivity index (χ2n) is 7.43. The van der Waals surface area contributed by atoms with Crippen molar-refractivity contribution >= 4 is 74.9 Å². The Bertz CT molecular complexity index is 1720. The van der Waals surface area contributed by atoms with Gasteiger partial charge in [0.1, 0.15) is 0 Å². The largest absolute Gasteiger partial charge is 0.353 e. The summed E-state index contributed by atoms with van der Waals surface area (Å²) < 4.78 is 2.74. The monoisotopic (exact) mass is 373 g/mol. The van der Waals surface area contributed by atoms with Gasteiger partial charge < -0.3 is 4.98 Å². The van der Waals surface area contributed by atoms with Gasteiger partial charge in [-0.05, 0) is 22.2 Å². The van der Waals surface area contributed by atoms with Crippen molar-refractivity contribution in [2.24, 2.45) is 0 Å². The second kappa shape index (κ2) is 5.12. The summed E-state index contributed by atoms with van der Waals surface area (Å²) in [6.07, 6.45) is 0. The van der Waals surface area contributed by atoms with E-state index in [0.29, 0.717) is 0 Å². The maximum Gasteiger partial charge on any atom is 0.0646 e. The molecule has 7 rings (SSSR count). The summed E-state index contributed by atoms with van der Waals surface area (Å²) in [5.74, 6) is 0. The first kappa shape index (κ1) is 14.7. The van der Waals surface area contributed by atoms with Gasteiger partial charge in [-0.1, -0.05) is 78.9 Å². The normalized spacial score (nSPS) is 12.3. The summed E-state index contributed by atoms with van der Waals surface area (Å²) in [5, 5.41) is 10.7. The standard InChI is InChI=1S/C26H15NS/c1-3-10-18-15(7-1)16-8-2-4-11-20(16)25-23(18)21-14-13-19-17-9-5-6-12-22(17)27-24(19)26(21)28-25/h1-14,27H. The van der Waals surface area contributed by atoms with Gasteiger partial charge in [-0.25, -0.2) is 0 Å². The van der Waals surface area contributed by atoms with Crippen molar-refractivity contribution in [1.29, 1.82) is 0 Å². The van der Waals surface area contributed by atoms with Gasteiger partial charge in [0.25, 0.3) is 0 Å². The quantitative estimate of drug-likeness (QED) is 0.259. The van der Waals surface area contributed by atoms with E-state index >= 15 is 0 Å². The van der Waals surface area contributed by atoms with Crippen molar-refractivity contribution in [2.75, 3.05) is 0 Å². The number of hydrogen-bond acceptors (Lipinski definition) is 1. The van der Waals surface area contributed by atoms with Crippen LogP contribution < -0.4 is 0 Å². The van der Waals surface area contributed by atoms with Crippen molar-refractivity contribution in [3.63, 3.8) is 0 Å². The summed E-state index contributed by atoms with van der Waals surface area (Å²) in [6.45, 7) is 0. The van der Waals surface area contributed by atoms with Crippen LogP contribution in [0.2, 0.25) is 0 Å². The number of para-hydroxylation sites is 1. The fraction of sp³-hybridized carbons (Fsp3) is 0. The van der Waals surface area contributed by atoms with Crippen LogP contribution in [-0.2, 0) is 0 Å². The fourth-order valence-corrected chi connectivity index (χ4v) is 6.14. The number of aromatic amines is 1. The van der Waals surface area contributed by atoms with Crippen molar-refractivity contribution in [1.82, 2.24) is 4.98 Å². The third kappa shape index (κ3) is 1.71. The van der Waals surface area contributed by atoms with Gasteiger partial charge >= 0.3 is 0 Å². The third-order valence-corrected chi connectivity index (χ3v) is 7.25. The third-order valence-electron chi connectivity index (χ3n) is 5.99. The number of benzene rings is 5. The van der Waals surface area contributed by atoms with Gasteiger partial charge in [0.05, 0.1) is 10.2 Å². The molecule has 7 aromatic rings. The zero-order valence-electron chi connectivity index (χ0n) is 15.0. The molecule has 130 valence electrons. The van der Waals surface area contributed by atoms with Crippen LogP contribution in [0.25, 0.3) is 63.5 Å². The predicted molar refractivity (Wildman–Crippen MR) is 124 cm³/mol. The van der Waals surface area contributed by atoms with E-state index in [1.54, 1.807) is 0 Å². The van der Waals surface area contributed by atoms with Crippen LogP contribution in [-0.4, -0.2) is 4.98 Å². The Morgan fingerprint density at radius 1 is 0.464 bits per heavy atom. The van der Waals surface area contributed by atoms with E-state index in [-0.39, 0.29) is 0 Å². The molecule has 0 unspecified atom stereocenters. The van der Waals surface area contributed by atoms with Gasteiger partial charge in [-0.2, -0.15) is 0 Å². The molecule has 0 spiro atoms. The number of hydrogen-bond donors (Lipinski definition) is 1. The number of fused-ring (bicyclic) bond motifs is 12. The zero-order chi connectivity index (χ0) is 18.2. The molecule has 1 nitrogen and oxygen atoms in total. The molecular weight excluding hydrogens is 358 g/mol. The first-order valence-electron chi connectivity index (χ1n) is 9.55. The lowest BCUT2D eigenvalue weighted by atomic mass is 9.97. The number of thiophene rings is 1. The summed E-state index contributed by atoms with van der Waals surface area (Å²) >= 11 is 1.92. The van der Waals surface area contributed by atoms with Crippen molar-refractivity contribution < 1.29 is 0 Å². The average Bonchev–Trinajstić information content (AvgIpc) is 3.33.